The molecule has 3 nitrogen and oxygen atoms in total. The van der Waals surface area contributed by atoms with Gasteiger partial charge in [-0.2, -0.15) is 0 Å². The van der Waals surface area contributed by atoms with Gasteiger partial charge in [0.1, 0.15) is 5.82 Å². The van der Waals surface area contributed by atoms with Gasteiger partial charge < -0.3 is 0 Å². The smallest absolute Gasteiger partial charge is 0.268 e. The molecule has 0 unspecified atom stereocenters. The van der Waals surface area contributed by atoms with E-state index in [9.17, 15) is 14.0 Å². The van der Waals surface area contributed by atoms with Gasteiger partial charge in [0, 0.05) is 5.56 Å². The van der Waals surface area contributed by atoms with Crippen LogP contribution in [-0.4, -0.2) is 16.0 Å². The minimum Gasteiger partial charge on any atom is -0.268 e. The summed E-state index contributed by atoms with van der Waals surface area (Å²) in [7, 11) is 0. The lowest BCUT2D eigenvalue weighted by Crippen LogP contribution is -2.27. The van der Waals surface area contributed by atoms with Crippen molar-refractivity contribution in [1.29, 1.82) is 0 Å². The number of nitrogens with zero attached hydrogens (tertiary/aromatic N) is 1. The molecule has 25 heavy (non-hydrogen) atoms. The first kappa shape index (κ1) is 17.2. The lowest BCUT2D eigenvalue weighted by atomic mass is 10.1. The summed E-state index contributed by atoms with van der Waals surface area (Å²) in [5.41, 5.74) is 2.20. The Hall–Kier alpha value is -2.66. The van der Waals surface area contributed by atoms with Crippen LogP contribution in [0, 0.1) is 5.82 Å². The largest absolute Gasteiger partial charge is 0.293 e. The van der Waals surface area contributed by atoms with Crippen molar-refractivity contribution in [2.45, 2.75) is 13.5 Å². The first-order chi connectivity index (χ1) is 12.0. The number of benzene rings is 2. The third kappa shape index (κ3) is 4.06. The van der Waals surface area contributed by atoms with Crippen molar-refractivity contribution in [3.63, 3.8) is 0 Å². The van der Waals surface area contributed by atoms with Crippen LogP contribution >= 0.6 is 11.8 Å². The van der Waals surface area contributed by atoms with Crippen LogP contribution < -0.4 is 0 Å². The highest BCUT2D eigenvalue weighted by Crippen LogP contribution is 2.33. The fraction of sp³-hybridized carbons (Fsp3) is 0.100. The van der Waals surface area contributed by atoms with Gasteiger partial charge in [0.2, 0.25) is 0 Å². The highest BCUT2D eigenvalue weighted by Gasteiger charge is 2.35. The highest BCUT2D eigenvalue weighted by atomic mass is 32.2. The minimum atomic E-state index is -0.425. The summed E-state index contributed by atoms with van der Waals surface area (Å²) >= 11 is 0.881. The van der Waals surface area contributed by atoms with Crippen LogP contribution in [0.25, 0.3) is 6.08 Å². The van der Waals surface area contributed by atoms with Crippen molar-refractivity contribution in [3.8, 4) is 0 Å². The summed E-state index contributed by atoms with van der Waals surface area (Å²) in [6, 6.07) is 15.9. The van der Waals surface area contributed by atoms with Gasteiger partial charge >= 0.3 is 0 Å². The molecule has 0 aromatic heterocycles. The molecule has 0 aliphatic carbocycles. The van der Waals surface area contributed by atoms with Crippen LogP contribution in [0.15, 0.2) is 71.2 Å². The Balaban J connectivity index is 1.79. The number of rotatable bonds is 4. The maximum Gasteiger partial charge on any atom is 0.293 e. The standard InChI is InChI=1S/C20H16FNO2S/c1-14(11-15-7-3-2-4-8-15)12-18-19(23)22(20(24)25-18)13-16-9-5-6-10-17(16)21/h2-12H,13H2,1H3/b14-11+,18-12-. The molecule has 1 aliphatic heterocycles. The molecule has 1 heterocycles. The number of amides is 2. The lowest BCUT2D eigenvalue weighted by Gasteiger charge is -2.12. The van der Waals surface area contributed by atoms with E-state index in [0.717, 1.165) is 27.8 Å². The molecule has 0 saturated carbocycles. The average Bonchev–Trinajstić information content (AvgIpc) is 2.85. The zero-order chi connectivity index (χ0) is 17.8. The van der Waals surface area contributed by atoms with E-state index in [1.165, 1.54) is 6.07 Å². The quantitative estimate of drug-likeness (QED) is 0.725. The Morgan fingerprint density at radius 1 is 1.08 bits per heavy atom. The predicted octanol–water partition coefficient (Wildman–Crippen LogP) is 5.01. The van der Waals surface area contributed by atoms with Crippen molar-refractivity contribution in [3.05, 3.63) is 88.1 Å². The number of imide groups is 1. The van der Waals surface area contributed by atoms with Crippen molar-refractivity contribution >= 4 is 29.0 Å². The van der Waals surface area contributed by atoms with Crippen LogP contribution in [0.4, 0.5) is 9.18 Å². The normalized spacial score (nSPS) is 16.8. The monoisotopic (exact) mass is 353 g/mol. The molecular formula is C20H16FNO2S. The fourth-order valence-corrected chi connectivity index (χ4v) is 3.38. The summed E-state index contributed by atoms with van der Waals surface area (Å²) in [6.45, 7) is 1.81. The number of halogens is 1. The zero-order valence-corrected chi connectivity index (χ0v) is 14.4. The maximum absolute atomic E-state index is 13.8. The van der Waals surface area contributed by atoms with Crippen LogP contribution in [0.5, 0.6) is 0 Å². The second-order valence-corrected chi connectivity index (χ2v) is 6.65. The van der Waals surface area contributed by atoms with E-state index in [2.05, 4.69) is 0 Å². The lowest BCUT2D eigenvalue weighted by molar-refractivity contribution is -0.123. The van der Waals surface area contributed by atoms with Gasteiger partial charge in [0.25, 0.3) is 11.1 Å². The number of carbonyl (C=O) groups excluding carboxylic acids is 2. The first-order valence-electron chi connectivity index (χ1n) is 7.77. The summed E-state index contributed by atoms with van der Waals surface area (Å²) in [4.78, 5) is 26.0. The predicted molar refractivity (Wildman–Crippen MR) is 98.1 cm³/mol. The average molecular weight is 353 g/mol. The molecule has 2 aromatic carbocycles. The van der Waals surface area contributed by atoms with Gasteiger partial charge in [0.15, 0.2) is 0 Å². The van der Waals surface area contributed by atoms with E-state index in [-0.39, 0.29) is 17.7 Å². The summed E-state index contributed by atoms with van der Waals surface area (Å²) in [5, 5.41) is -0.382. The van der Waals surface area contributed by atoms with Crippen LogP contribution in [-0.2, 0) is 11.3 Å². The van der Waals surface area contributed by atoms with E-state index >= 15 is 0 Å². The second-order valence-electron chi connectivity index (χ2n) is 5.66. The summed E-state index contributed by atoms with van der Waals surface area (Å²) < 4.78 is 13.8. The summed E-state index contributed by atoms with van der Waals surface area (Å²) in [6.07, 6.45) is 3.63. The molecule has 1 fully saturated rings. The van der Waals surface area contributed by atoms with Crippen molar-refractivity contribution < 1.29 is 14.0 Å². The first-order valence-corrected chi connectivity index (χ1v) is 8.58. The number of hydrogen-bond donors (Lipinski definition) is 0. The molecule has 3 rings (SSSR count). The van der Waals surface area contributed by atoms with Crippen molar-refractivity contribution in [2.24, 2.45) is 0 Å². The Morgan fingerprint density at radius 2 is 1.76 bits per heavy atom. The molecule has 5 heteroatoms. The van der Waals surface area contributed by atoms with Crippen LogP contribution in [0.3, 0.4) is 0 Å². The third-order valence-corrected chi connectivity index (χ3v) is 4.62. The highest BCUT2D eigenvalue weighted by molar-refractivity contribution is 8.18. The zero-order valence-electron chi connectivity index (χ0n) is 13.6. The molecule has 0 bridgehead atoms. The van der Waals surface area contributed by atoms with E-state index in [0.29, 0.717) is 10.5 Å². The van der Waals surface area contributed by atoms with Gasteiger partial charge in [-0.15, -0.1) is 0 Å². The van der Waals surface area contributed by atoms with E-state index in [1.807, 2.05) is 43.3 Å². The topological polar surface area (TPSA) is 37.4 Å². The molecule has 0 spiro atoms. The van der Waals surface area contributed by atoms with Crippen molar-refractivity contribution in [2.75, 3.05) is 0 Å². The Bertz CT molecular complexity index is 874. The Labute approximate surface area is 149 Å². The molecule has 0 N–H and O–H groups in total. The second kappa shape index (κ2) is 7.49. The number of thioether (sulfide) groups is 1. The molecule has 0 atom stereocenters. The fourth-order valence-electron chi connectivity index (χ4n) is 2.49. The number of hydrogen-bond acceptors (Lipinski definition) is 3. The number of carbonyl (C=O) groups is 2. The molecule has 2 aromatic rings. The SMILES string of the molecule is CC(/C=C1\SC(=O)N(Cc2ccccc2F)C1=O)=C\c1ccccc1. The van der Waals surface area contributed by atoms with Crippen molar-refractivity contribution in [1.82, 2.24) is 4.90 Å². The molecule has 1 saturated heterocycles. The minimum absolute atomic E-state index is 0.0594. The number of allylic oxidation sites excluding steroid dienone is 2. The Morgan fingerprint density at radius 3 is 2.48 bits per heavy atom. The van der Waals surface area contributed by atoms with E-state index < -0.39 is 5.82 Å². The van der Waals surface area contributed by atoms with Crippen LogP contribution in [0.1, 0.15) is 18.1 Å². The molecule has 126 valence electrons. The van der Waals surface area contributed by atoms with E-state index in [1.54, 1.807) is 24.3 Å². The summed E-state index contributed by atoms with van der Waals surface area (Å²) in [5.74, 6) is -0.815. The van der Waals surface area contributed by atoms with Crippen LogP contribution in [0.2, 0.25) is 0 Å². The molecular weight excluding hydrogens is 337 g/mol. The van der Waals surface area contributed by atoms with Gasteiger partial charge in [-0.3, -0.25) is 14.5 Å². The van der Waals surface area contributed by atoms with Gasteiger partial charge in [-0.25, -0.2) is 4.39 Å². The Kier molecular flexibility index (Phi) is 5.14. The van der Waals surface area contributed by atoms with E-state index in [4.69, 9.17) is 0 Å². The molecule has 2 amide bonds. The van der Waals surface area contributed by atoms with Gasteiger partial charge in [-0.05, 0) is 42.0 Å². The van der Waals surface area contributed by atoms with Gasteiger partial charge in [-0.1, -0.05) is 54.6 Å². The molecule has 0 radical (unpaired) electrons. The maximum atomic E-state index is 13.8. The molecule has 1 aliphatic rings. The third-order valence-electron chi connectivity index (χ3n) is 3.71. The van der Waals surface area contributed by atoms with Gasteiger partial charge in [0.05, 0.1) is 11.4 Å².